The van der Waals surface area contributed by atoms with Crippen LogP contribution in [0.2, 0.25) is 5.02 Å². The second kappa shape index (κ2) is 9.28. The number of hydrogen-bond donors (Lipinski definition) is 0. The summed E-state index contributed by atoms with van der Waals surface area (Å²) in [6.07, 6.45) is 1.20. The molecule has 0 atom stereocenters. The van der Waals surface area contributed by atoms with Crippen molar-refractivity contribution >= 4 is 33.6 Å². The van der Waals surface area contributed by atoms with Crippen LogP contribution in [-0.4, -0.2) is 39.5 Å². The predicted octanol–water partition coefficient (Wildman–Crippen LogP) is 6.35. The van der Waals surface area contributed by atoms with Crippen LogP contribution >= 0.6 is 27.5 Å². The average Bonchev–Trinajstić information content (AvgIpc) is 2.91. The van der Waals surface area contributed by atoms with Gasteiger partial charge in [0.2, 0.25) is 0 Å². The maximum atomic E-state index is 12.7. The van der Waals surface area contributed by atoms with Gasteiger partial charge >= 0.3 is 6.09 Å². The van der Waals surface area contributed by atoms with Gasteiger partial charge in [-0.1, -0.05) is 51.8 Å². The Hall–Kier alpha value is -2.31. The van der Waals surface area contributed by atoms with E-state index in [1.54, 1.807) is 4.90 Å². The van der Waals surface area contributed by atoms with E-state index in [2.05, 4.69) is 32.7 Å². The average molecular weight is 517 g/mol. The van der Waals surface area contributed by atoms with E-state index in [1.165, 1.54) is 16.8 Å². The maximum Gasteiger partial charge on any atom is 0.410 e. The highest BCUT2D eigenvalue weighted by Crippen LogP contribution is 2.30. The van der Waals surface area contributed by atoms with Crippen molar-refractivity contribution < 1.29 is 9.53 Å². The van der Waals surface area contributed by atoms with Gasteiger partial charge in [-0.3, -0.25) is 4.68 Å². The van der Waals surface area contributed by atoms with Gasteiger partial charge in [-0.2, -0.15) is 5.10 Å². The van der Waals surface area contributed by atoms with Crippen LogP contribution in [-0.2, 0) is 24.1 Å². The highest BCUT2D eigenvalue weighted by molar-refractivity contribution is 9.10. The van der Waals surface area contributed by atoms with Crippen LogP contribution in [0.3, 0.4) is 0 Å². The summed E-state index contributed by atoms with van der Waals surface area (Å²) in [6.45, 7) is 7.57. The smallest absolute Gasteiger partial charge is 0.410 e. The quantitative estimate of drug-likeness (QED) is 0.407. The molecular formula is C25H27BrClN3O2. The zero-order chi connectivity index (χ0) is 22.9. The number of carbonyl (C=O) groups excluding carboxylic acids is 1. The molecule has 0 aliphatic carbocycles. The Morgan fingerprint density at radius 3 is 2.38 bits per heavy atom. The van der Waals surface area contributed by atoms with Crippen LogP contribution < -0.4 is 0 Å². The van der Waals surface area contributed by atoms with Crippen molar-refractivity contribution in [1.82, 2.24) is 14.7 Å². The molecular weight excluding hydrogens is 490 g/mol. The first-order valence-electron chi connectivity index (χ1n) is 10.8. The molecule has 5 nitrogen and oxygen atoms in total. The molecule has 2 aromatic carbocycles. The number of halogens is 2. The number of hydrogen-bond acceptors (Lipinski definition) is 3. The topological polar surface area (TPSA) is 47.4 Å². The number of rotatable bonds is 3. The monoisotopic (exact) mass is 515 g/mol. The molecule has 0 bridgehead atoms. The molecule has 3 aromatic rings. The van der Waals surface area contributed by atoms with E-state index in [0.717, 1.165) is 28.6 Å². The molecule has 0 fully saturated rings. The van der Waals surface area contributed by atoms with Gasteiger partial charge in [0.25, 0.3) is 0 Å². The molecule has 0 radical (unpaired) electrons. The summed E-state index contributed by atoms with van der Waals surface area (Å²) >= 11 is 9.61. The second-order valence-electron chi connectivity index (χ2n) is 9.03. The van der Waals surface area contributed by atoms with E-state index >= 15 is 0 Å². The molecule has 2 heterocycles. The molecule has 1 aliphatic heterocycles. The van der Waals surface area contributed by atoms with Crippen LogP contribution in [0.5, 0.6) is 0 Å². The summed E-state index contributed by atoms with van der Waals surface area (Å²) in [4.78, 5) is 14.5. The largest absolute Gasteiger partial charge is 0.444 e. The van der Waals surface area contributed by atoms with Crippen LogP contribution in [0.1, 0.15) is 37.6 Å². The molecule has 168 valence electrons. The Labute approximate surface area is 202 Å². The van der Waals surface area contributed by atoms with Crippen molar-refractivity contribution in [1.29, 1.82) is 0 Å². The molecule has 1 aliphatic rings. The molecule has 32 heavy (non-hydrogen) atoms. The van der Waals surface area contributed by atoms with Gasteiger partial charge in [0.1, 0.15) is 5.60 Å². The molecule has 0 saturated carbocycles. The Bertz CT molecular complexity index is 1100. The van der Waals surface area contributed by atoms with Gasteiger partial charge in [0.05, 0.1) is 12.2 Å². The zero-order valence-corrected chi connectivity index (χ0v) is 20.9. The van der Waals surface area contributed by atoms with Crippen molar-refractivity contribution in [2.45, 2.75) is 45.8 Å². The number of nitrogens with zero attached hydrogens (tertiary/aromatic N) is 3. The number of fused-ring (bicyclic) bond motifs is 1. The standard InChI is InChI=1S/C25H27BrClN3O2/c1-25(2,3)32-24(31)29-14-12-21-22(13-15-29)30(16-17-4-8-19(26)9-5-17)28-23(21)18-6-10-20(27)11-7-18/h4-11H,12-16H2,1-3H3. The fourth-order valence-corrected chi connectivity index (χ4v) is 4.31. The maximum absolute atomic E-state index is 12.7. The Kier molecular flexibility index (Phi) is 6.63. The number of ether oxygens (including phenoxy) is 1. The highest BCUT2D eigenvalue weighted by atomic mass is 79.9. The minimum Gasteiger partial charge on any atom is -0.444 e. The number of benzene rings is 2. The summed E-state index contributed by atoms with van der Waals surface area (Å²) in [5.74, 6) is 0. The van der Waals surface area contributed by atoms with E-state index in [-0.39, 0.29) is 6.09 Å². The SMILES string of the molecule is CC(C)(C)OC(=O)N1CCc2c(-c3ccc(Cl)cc3)nn(Cc3ccc(Br)cc3)c2CC1. The third-order valence-corrected chi connectivity index (χ3v) is 6.21. The van der Waals surface area contributed by atoms with Gasteiger partial charge in [-0.05, 0) is 57.0 Å². The first-order valence-corrected chi connectivity index (χ1v) is 11.9. The fourth-order valence-electron chi connectivity index (χ4n) is 3.92. The van der Waals surface area contributed by atoms with Crippen LogP contribution in [0.25, 0.3) is 11.3 Å². The minimum atomic E-state index is -0.511. The van der Waals surface area contributed by atoms with Gasteiger partial charge in [0, 0.05) is 45.8 Å². The first kappa shape index (κ1) is 22.9. The Morgan fingerprint density at radius 2 is 1.72 bits per heavy atom. The van der Waals surface area contributed by atoms with Crippen molar-refractivity contribution in [3.63, 3.8) is 0 Å². The minimum absolute atomic E-state index is 0.261. The fraction of sp³-hybridized carbons (Fsp3) is 0.360. The van der Waals surface area contributed by atoms with Gasteiger partial charge in [-0.15, -0.1) is 0 Å². The summed E-state index contributed by atoms with van der Waals surface area (Å²) < 4.78 is 8.75. The van der Waals surface area contributed by atoms with E-state index in [4.69, 9.17) is 21.4 Å². The third kappa shape index (κ3) is 5.36. The van der Waals surface area contributed by atoms with Crippen LogP contribution in [0.4, 0.5) is 4.79 Å². The van der Waals surface area contributed by atoms with E-state index in [9.17, 15) is 4.79 Å². The van der Waals surface area contributed by atoms with Gasteiger partial charge in [-0.25, -0.2) is 4.79 Å². The lowest BCUT2D eigenvalue weighted by Gasteiger charge is -2.26. The lowest BCUT2D eigenvalue weighted by Crippen LogP contribution is -2.38. The van der Waals surface area contributed by atoms with Gasteiger partial charge < -0.3 is 9.64 Å². The Morgan fingerprint density at radius 1 is 1.06 bits per heavy atom. The summed E-state index contributed by atoms with van der Waals surface area (Å²) in [6, 6.07) is 16.1. The lowest BCUT2D eigenvalue weighted by atomic mass is 10.0. The lowest BCUT2D eigenvalue weighted by molar-refractivity contribution is 0.0258. The molecule has 0 saturated heterocycles. The van der Waals surface area contributed by atoms with Crippen LogP contribution in [0, 0.1) is 0 Å². The molecule has 0 unspecified atom stereocenters. The number of carbonyl (C=O) groups is 1. The molecule has 1 amide bonds. The predicted molar refractivity (Wildman–Crippen MR) is 131 cm³/mol. The molecule has 1 aromatic heterocycles. The van der Waals surface area contributed by atoms with Crippen molar-refractivity contribution in [3.8, 4) is 11.3 Å². The van der Waals surface area contributed by atoms with E-state index in [0.29, 0.717) is 24.7 Å². The van der Waals surface area contributed by atoms with Crippen LogP contribution in [0.15, 0.2) is 53.0 Å². The second-order valence-corrected chi connectivity index (χ2v) is 10.4. The molecule has 7 heteroatoms. The summed E-state index contributed by atoms with van der Waals surface area (Å²) in [7, 11) is 0. The number of amides is 1. The van der Waals surface area contributed by atoms with Crippen molar-refractivity contribution in [3.05, 3.63) is 74.8 Å². The molecule has 4 rings (SSSR count). The normalized spacial score (nSPS) is 14.1. The molecule has 0 spiro atoms. The first-order chi connectivity index (χ1) is 15.2. The van der Waals surface area contributed by atoms with Gasteiger partial charge in [0.15, 0.2) is 0 Å². The van der Waals surface area contributed by atoms with Crippen molar-refractivity contribution in [2.75, 3.05) is 13.1 Å². The van der Waals surface area contributed by atoms with Crippen molar-refractivity contribution in [2.24, 2.45) is 0 Å². The Balaban J connectivity index is 1.67. The van der Waals surface area contributed by atoms with E-state index in [1.807, 2.05) is 57.2 Å². The third-order valence-electron chi connectivity index (χ3n) is 5.43. The summed E-state index contributed by atoms with van der Waals surface area (Å²) in [5.41, 5.74) is 5.02. The zero-order valence-electron chi connectivity index (χ0n) is 18.6. The molecule has 0 N–H and O–H groups in total. The van der Waals surface area contributed by atoms with E-state index < -0.39 is 5.60 Å². The summed E-state index contributed by atoms with van der Waals surface area (Å²) in [5, 5.41) is 5.71. The number of aromatic nitrogens is 2. The highest BCUT2D eigenvalue weighted by Gasteiger charge is 2.28.